The zero-order chi connectivity index (χ0) is 23.0. The van der Waals surface area contributed by atoms with Crippen molar-refractivity contribution in [3.05, 3.63) is 30.1 Å². The topological polar surface area (TPSA) is 90.5 Å². The van der Waals surface area contributed by atoms with Crippen molar-refractivity contribution in [3.8, 4) is 0 Å². The number of carbonyl (C=O) groups is 2. The first-order valence-electron chi connectivity index (χ1n) is 12.0. The molecule has 3 amide bonds. The molecule has 3 fully saturated rings. The molecular weight excluding hydrogens is 409 g/mol. The molecule has 0 radical (unpaired) electrons. The van der Waals surface area contributed by atoms with Gasteiger partial charge in [-0.25, -0.2) is 9.18 Å². The molecule has 176 valence electrons. The fourth-order valence-corrected chi connectivity index (χ4v) is 6.15. The zero-order valence-electron chi connectivity index (χ0n) is 19.2. The summed E-state index contributed by atoms with van der Waals surface area (Å²) < 4.78 is 13.4. The standard InChI is InChI=1S/C25H36FN3O3/c1-14(23(31)27-17-7-8-17)19-9-11-25(3)12-10-20(15(2)21(25)22(19)30)29-24(32)28-18-6-4-5-16(26)13-18/h4-6,13-15,17,19-22,30H,7-12H2,1-3H3,(H,27,31)(H2,28,29,32)/t14-,15-,19+,20-,21+,22-,25+/m0/s1. The Morgan fingerprint density at radius 1 is 1.16 bits per heavy atom. The van der Waals surface area contributed by atoms with E-state index in [0.29, 0.717) is 11.7 Å². The van der Waals surface area contributed by atoms with Gasteiger partial charge in [0.2, 0.25) is 5.91 Å². The lowest BCUT2D eigenvalue weighted by atomic mass is 9.52. The van der Waals surface area contributed by atoms with Crippen molar-refractivity contribution >= 4 is 17.6 Å². The Kier molecular flexibility index (Phi) is 6.48. The Labute approximate surface area is 189 Å². The number of aliphatic hydroxyl groups excluding tert-OH is 1. The maximum atomic E-state index is 13.4. The third-order valence-electron chi connectivity index (χ3n) is 8.27. The van der Waals surface area contributed by atoms with Crippen LogP contribution in [0.25, 0.3) is 0 Å². The second-order valence-electron chi connectivity index (χ2n) is 10.6. The van der Waals surface area contributed by atoms with Crippen molar-refractivity contribution in [2.24, 2.45) is 29.1 Å². The van der Waals surface area contributed by atoms with Gasteiger partial charge in [-0.1, -0.05) is 26.8 Å². The molecule has 0 bridgehead atoms. The largest absolute Gasteiger partial charge is 0.392 e. The number of halogens is 1. The van der Waals surface area contributed by atoms with Gasteiger partial charge in [-0.15, -0.1) is 0 Å². The third-order valence-corrected chi connectivity index (χ3v) is 8.27. The lowest BCUT2D eigenvalue weighted by Crippen LogP contribution is -2.59. The molecule has 3 aliphatic rings. The quantitative estimate of drug-likeness (QED) is 0.551. The van der Waals surface area contributed by atoms with E-state index in [2.05, 4.69) is 29.8 Å². The summed E-state index contributed by atoms with van der Waals surface area (Å²) >= 11 is 0. The van der Waals surface area contributed by atoms with E-state index in [1.54, 1.807) is 12.1 Å². The van der Waals surface area contributed by atoms with Gasteiger partial charge in [-0.05, 0) is 79.9 Å². The number of hydrogen-bond acceptors (Lipinski definition) is 3. The van der Waals surface area contributed by atoms with Crippen LogP contribution in [0.15, 0.2) is 24.3 Å². The fraction of sp³-hybridized carbons (Fsp3) is 0.680. The van der Waals surface area contributed by atoms with Crippen LogP contribution in [0.3, 0.4) is 0 Å². The number of urea groups is 1. The van der Waals surface area contributed by atoms with Gasteiger partial charge in [-0.2, -0.15) is 0 Å². The van der Waals surface area contributed by atoms with Crippen LogP contribution in [-0.2, 0) is 4.79 Å². The second-order valence-corrected chi connectivity index (χ2v) is 10.6. The van der Waals surface area contributed by atoms with Crippen molar-refractivity contribution in [1.82, 2.24) is 10.6 Å². The van der Waals surface area contributed by atoms with Gasteiger partial charge in [0, 0.05) is 23.7 Å². The minimum atomic E-state index is -0.584. The molecule has 0 spiro atoms. The Balaban J connectivity index is 1.42. The highest BCUT2D eigenvalue weighted by Gasteiger charge is 2.54. The van der Waals surface area contributed by atoms with Crippen LogP contribution in [0.5, 0.6) is 0 Å². The van der Waals surface area contributed by atoms with Gasteiger partial charge in [0.15, 0.2) is 0 Å². The summed E-state index contributed by atoms with van der Waals surface area (Å²) in [5, 5.41) is 20.3. The smallest absolute Gasteiger partial charge is 0.319 e. The van der Waals surface area contributed by atoms with Crippen molar-refractivity contribution < 1.29 is 19.1 Å². The van der Waals surface area contributed by atoms with E-state index in [1.807, 2.05) is 6.92 Å². The number of hydrogen-bond donors (Lipinski definition) is 4. The first-order valence-corrected chi connectivity index (χ1v) is 12.0. The summed E-state index contributed by atoms with van der Waals surface area (Å²) in [6.45, 7) is 6.27. The normalized spacial score (nSPS) is 35.3. The molecule has 0 saturated heterocycles. The van der Waals surface area contributed by atoms with Crippen LogP contribution in [-0.4, -0.2) is 35.2 Å². The Morgan fingerprint density at radius 3 is 2.56 bits per heavy atom. The lowest BCUT2D eigenvalue weighted by molar-refractivity contribution is -0.142. The van der Waals surface area contributed by atoms with Gasteiger partial charge in [0.25, 0.3) is 0 Å². The van der Waals surface area contributed by atoms with Gasteiger partial charge in [-0.3, -0.25) is 4.79 Å². The molecule has 0 unspecified atom stereocenters. The van der Waals surface area contributed by atoms with Crippen molar-refractivity contribution in [3.63, 3.8) is 0 Å². The molecule has 1 aromatic carbocycles. The van der Waals surface area contributed by atoms with Crippen LogP contribution >= 0.6 is 0 Å². The molecule has 3 aliphatic carbocycles. The van der Waals surface area contributed by atoms with E-state index in [4.69, 9.17) is 0 Å². The van der Waals surface area contributed by atoms with E-state index in [0.717, 1.165) is 38.5 Å². The third kappa shape index (κ3) is 4.77. The van der Waals surface area contributed by atoms with E-state index in [9.17, 15) is 19.1 Å². The Bertz CT molecular complexity index is 861. The highest BCUT2D eigenvalue weighted by molar-refractivity contribution is 5.89. The number of amides is 3. The predicted octanol–water partition coefficient (Wildman–Crippen LogP) is 4.05. The number of carbonyl (C=O) groups excluding carboxylic acids is 2. The summed E-state index contributed by atoms with van der Waals surface area (Å²) in [5.74, 6) is -0.594. The predicted molar refractivity (Wildman–Crippen MR) is 121 cm³/mol. The minimum Gasteiger partial charge on any atom is -0.392 e. The molecule has 0 aliphatic heterocycles. The monoisotopic (exact) mass is 445 g/mol. The van der Waals surface area contributed by atoms with Crippen LogP contribution in [0.1, 0.15) is 59.3 Å². The number of aliphatic hydroxyl groups is 1. The zero-order valence-corrected chi connectivity index (χ0v) is 19.2. The first-order chi connectivity index (χ1) is 15.2. The molecule has 7 heteroatoms. The van der Waals surface area contributed by atoms with Crippen molar-refractivity contribution in [1.29, 1.82) is 0 Å². The molecule has 7 atom stereocenters. The molecule has 0 aromatic heterocycles. The maximum Gasteiger partial charge on any atom is 0.319 e. The summed E-state index contributed by atoms with van der Waals surface area (Å²) in [6.07, 6.45) is 5.09. The summed E-state index contributed by atoms with van der Waals surface area (Å²) in [7, 11) is 0. The Morgan fingerprint density at radius 2 is 1.88 bits per heavy atom. The number of fused-ring (bicyclic) bond motifs is 1. The van der Waals surface area contributed by atoms with Crippen LogP contribution < -0.4 is 16.0 Å². The van der Waals surface area contributed by atoms with E-state index in [1.165, 1.54) is 12.1 Å². The van der Waals surface area contributed by atoms with Gasteiger partial charge in [0.05, 0.1) is 6.10 Å². The Hall–Kier alpha value is -2.15. The van der Waals surface area contributed by atoms with Crippen LogP contribution in [0.2, 0.25) is 0 Å². The maximum absolute atomic E-state index is 13.4. The molecule has 1 aromatic rings. The van der Waals surface area contributed by atoms with Gasteiger partial charge in [0.1, 0.15) is 5.82 Å². The number of benzene rings is 1. The van der Waals surface area contributed by atoms with Crippen LogP contribution in [0.4, 0.5) is 14.9 Å². The van der Waals surface area contributed by atoms with E-state index >= 15 is 0 Å². The van der Waals surface area contributed by atoms with E-state index < -0.39 is 11.9 Å². The van der Waals surface area contributed by atoms with Crippen molar-refractivity contribution in [2.45, 2.75) is 77.5 Å². The van der Waals surface area contributed by atoms with Crippen LogP contribution in [0, 0.1) is 34.9 Å². The molecular formula is C25H36FN3O3. The molecule has 3 saturated carbocycles. The molecule has 4 rings (SSSR count). The highest BCUT2D eigenvalue weighted by Crippen LogP contribution is 2.55. The summed E-state index contributed by atoms with van der Waals surface area (Å²) in [5.41, 5.74) is 0.406. The van der Waals surface area contributed by atoms with E-state index in [-0.39, 0.29) is 47.1 Å². The van der Waals surface area contributed by atoms with Gasteiger partial charge >= 0.3 is 6.03 Å². The number of anilines is 1. The number of nitrogens with one attached hydrogen (secondary N) is 3. The summed E-state index contributed by atoms with van der Waals surface area (Å²) in [4.78, 5) is 25.2. The average molecular weight is 446 g/mol. The first kappa shape index (κ1) is 23.0. The fourth-order valence-electron chi connectivity index (χ4n) is 6.15. The van der Waals surface area contributed by atoms with Crippen molar-refractivity contribution in [2.75, 3.05) is 5.32 Å². The second kappa shape index (κ2) is 9.00. The molecule has 4 N–H and O–H groups in total. The highest BCUT2D eigenvalue weighted by atomic mass is 19.1. The molecule has 32 heavy (non-hydrogen) atoms. The number of rotatable bonds is 5. The molecule has 6 nitrogen and oxygen atoms in total. The summed E-state index contributed by atoms with van der Waals surface area (Å²) in [6, 6.07) is 5.67. The SMILES string of the molecule is C[C@@H]1[C@@H]2[C@@H](O)[C@@H]([C@H](C)C(=O)NC3CC3)CC[C@]2(C)CC[C@@H]1NC(=O)Nc1cccc(F)c1. The lowest BCUT2D eigenvalue weighted by Gasteiger charge is -2.56. The molecule has 0 heterocycles. The minimum absolute atomic E-state index is 0.000757. The average Bonchev–Trinajstić information content (AvgIpc) is 3.54. The van der Waals surface area contributed by atoms with Gasteiger partial charge < -0.3 is 21.1 Å².